The molecule has 0 radical (unpaired) electrons. The maximum absolute atomic E-state index is 11.1. The topological polar surface area (TPSA) is 78.4 Å². The van der Waals surface area contributed by atoms with Gasteiger partial charge in [-0.15, -0.1) is 0 Å². The van der Waals surface area contributed by atoms with Crippen molar-refractivity contribution in [2.45, 2.75) is 47.3 Å². The highest BCUT2D eigenvalue weighted by Gasteiger charge is 2.42. The Hall–Kier alpha value is -0.0400. The summed E-state index contributed by atoms with van der Waals surface area (Å²) in [4.78, 5) is 21.5. The van der Waals surface area contributed by atoms with Crippen LogP contribution in [0.2, 0.25) is 0 Å². The van der Waals surface area contributed by atoms with Crippen LogP contribution in [0.15, 0.2) is 0 Å². The number of amides is 2. The van der Waals surface area contributed by atoms with Gasteiger partial charge >= 0.3 is 12.0 Å². The molecule has 116 valence electrons. The van der Waals surface area contributed by atoms with Crippen molar-refractivity contribution in [1.82, 2.24) is 10.6 Å². The van der Waals surface area contributed by atoms with Gasteiger partial charge in [-0.2, -0.15) is 11.8 Å². The molecule has 0 aromatic rings. The molecule has 3 N–H and O–H groups in total. The lowest BCUT2D eigenvalue weighted by Crippen LogP contribution is -2.36. The second-order valence-corrected chi connectivity index (χ2v) is 7.76. The fourth-order valence-corrected chi connectivity index (χ4v) is 3.81. The number of rotatable bonds is 5. The van der Waals surface area contributed by atoms with Gasteiger partial charge in [0.2, 0.25) is 0 Å². The van der Waals surface area contributed by atoms with Crippen LogP contribution >= 0.6 is 46.6 Å². The van der Waals surface area contributed by atoms with Crippen LogP contribution in [-0.2, 0) is 4.79 Å². The van der Waals surface area contributed by atoms with Crippen LogP contribution in [0.4, 0.5) is 4.79 Å². The molecule has 0 aliphatic carbocycles. The molecule has 2 rings (SSSR count). The minimum absolute atomic E-state index is 0.0640. The summed E-state index contributed by atoms with van der Waals surface area (Å²) < 4.78 is -0.750. The van der Waals surface area contributed by atoms with E-state index in [9.17, 15) is 9.59 Å². The van der Waals surface area contributed by atoms with Gasteiger partial charge in [-0.3, -0.25) is 4.79 Å². The summed E-state index contributed by atoms with van der Waals surface area (Å²) in [6, 6.07) is 0.440. The van der Waals surface area contributed by atoms with E-state index in [4.69, 9.17) is 39.9 Å². The van der Waals surface area contributed by atoms with Gasteiger partial charge < -0.3 is 15.7 Å². The fourth-order valence-electron chi connectivity index (χ4n) is 2.26. The van der Waals surface area contributed by atoms with Crippen molar-refractivity contribution in [3.63, 3.8) is 0 Å². The van der Waals surface area contributed by atoms with E-state index < -0.39 is 10.3 Å². The van der Waals surface area contributed by atoms with Crippen molar-refractivity contribution in [3.8, 4) is 0 Å². The van der Waals surface area contributed by atoms with Crippen molar-refractivity contribution in [3.05, 3.63) is 0 Å². The first-order valence-electron chi connectivity index (χ1n) is 6.22. The van der Waals surface area contributed by atoms with Gasteiger partial charge in [-0.25, -0.2) is 4.79 Å². The number of alkyl halides is 3. The van der Waals surface area contributed by atoms with Gasteiger partial charge in [0.15, 0.2) is 4.30 Å². The molecule has 0 aromatic heterocycles. The number of urea groups is 1. The SMILES string of the molecule is ClC(Cl)Cl.O=C(O)CCCC[C@@H]1SC[C@@H]2NC(=O)N[C@@H]21. The highest BCUT2D eigenvalue weighted by Crippen LogP contribution is 2.33. The molecule has 0 unspecified atom stereocenters. The van der Waals surface area contributed by atoms with Crippen LogP contribution in [-0.4, -0.2) is 44.5 Å². The number of thioether (sulfide) groups is 1. The molecule has 9 heteroatoms. The molecule has 3 atom stereocenters. The number of halogens is 3. The Kier molecular flexibility index (Phi) is 8.17. The first-order valence-corrected chi connectivity index (χ1v) is 8.58. The lowest BCUT2D eigenvalue weighted by molar-refractivity contribution is -0.137. The van der Waals surface area contributed by atoms with Gasteiger partial charge in [0.05, 0.1) is 12.1 Å². The monoisotopic (exact) mass is 362 g/mol. The van der Waals surface area contributed by atoms with Gasteiger partial charge in [-0.1, -0.05) is 41.2 Å². The minimum atomic E-state index is -0.750. The summed E-state index contributed by atoms with van der Waals surface area (Å²) in [5.74, 6) is 0.236. The van der Waals surface area contributed by atoms with Crippen molar-refractivity contribution in [1.29, 1.82) is 0 Å². The maximum atomic E-state index is 11.1. The van der Waals surface area contributed by atoms with Crippen LogP contribution in [0.3, 0.4) is 0 Å². The Morgan fingerprint density at radius 1 is 1.35 bits per heavy atom. The average molecular weight is 364 g/mol. The summed E-state index contributed by atoms with van der Waals surface area (Å²) in [6.07, 6.45) is 2.88. The molecule has 2 fully saturated rings. The zero-order valence-electron chi connectivity index (χ0n) is 10.7. The highest BCUT2D eigenvalue weighted by atomic mass is 35.6. The Balaban J connectivity index is 0.000000444. The number of fused-ring (bicyclic) bond motifs is 1. The number of aliphatic carboxylic acids is 1. The molecule has 2 heterocycles. The Morgan fingerprint density at radius 3 is 2.60 bits per heavy atom. The largest absolute Gasteiger partial charge is 0.481 e. The molecule has 5 nitrogen and oxygen atoms in total. The predicted molar refractivity (Wildman–Crippen MR) is 82.9 cm³/mol. The fraction of sp³-hybridized carbons (Fsp3) is 0.818. The van der Waals surface area contributed by atoms with Crippen molar-refractivity contribution < 1.29 is 14.7 Å². The maximum Gasteiger partial charge on any atom is 0.315 e. The van der Waals surface area contributed by atoms with E-state index in [-0.39, 0.29) is 24.5 Å². The molecular formula is C11H17Cl3N2O3S. The number of carboxylic acid groups (broad SMARTS) is 1. The Morgan fingerprint density at radius 2 is 2.00 bits per heavy atom. The number of hydrogen-bond donors (Lipinski definition) is 3. The second-order valence-electron chi connectivity index (χ2n) is 4.51. The van der Waals surface area contributed by atoms with E-state index in [0.29, 0.717) is 5.25 Å². The van der Waals surface area contributed by atoms with E-state index in [1.54, 1.807) is 0 Å². The molecule has 0 spiro atoms. The molecule has 2 amide bonds. The van der Waals surface area contributed by atoms with Crippen molar-refractivity contribution in [2.24, 2.45) is 0 Å². The first-order chi connectivity index (χ1) is 9.40. The average Bonchev–Trinajstić information content (AvgIpc) is 2.83. The number of carbonyl (C=O) groups excluding carboxylic acids is 1. The van der Waals surface area contributed by atoms with E-state index in [1.807, 2.05) is 11.8 Å². The lowest BCUT2D eigenvalue weighted by atomic mass is 10.0. The third-order valence-electron chi connectivity index (χ3n) is 3.07. The van der Waals surface area contributed by atoms with Gasteiger partial charge in [0.25, 0.3) is 0 Å². The van der Waals surface area contributed by atoms with E-state index >= 15 is 0 Å². The molecule has 0 bridgehead atoms. The molecule has 2 aliphatic rings. The number of carbonyl (C=O) groups is 2. The zero-order chi connectivity index (χ0) is 15.1. The summed E-state index contributed by atoms with van der Waals surface area (Å²) in [5, 5.41) is 14.8. The highest BCUT2D eigenvalue weighted by molar-refractivity contribution is 8.00. The van der Waals surface area contributed by atoms with Crippen LogP contribution < -0.4 is 10.6 Å². The smallest absolute Gasteiger partial charge is 0.315 e. The molecule has 0 saturated carbocycles. The zero-order valence-corrected chi connectivity index (χ0v) is 13.7. The third-order valence-corrected chi connectivity index (χ3v) is 4.58. The van der Waals surface area contributed by atoms with Crippen LogP contribution in [0.25, 0.3) is 0 Å². The van der Waals surface area contributed by atoms with Crippen LogP contribution in [0.5, 0.6) is 0 Å². The van der Waals surface area contributed by atoms with E-state index in [2.05, 4.69) is 10.6 Å². The summed E-state index contributed by atoms with van der Waals surface area (Å²) in [5.41, 5.74) is 0. The second kappa shape index (κ2) is 9.07. The number of nitrogens with one attached hydrogen (secondary N) is 2. The van der Waals surface area contributed by atoms with Gasteiger partial charge in [-0.05, 0) is 12.8 Å². The van der Waals surface area contributed by atoms with E-state index in [0.717, 1.165) is 25.0 Å². The quantitative estimate of drug-likeness (QED) is 0.399. The van der Waals surface area contributed by atoms with Gasteiger partial charge in [0, 0.05) is 17.4 Å². The predicted octanol–water partition coefficient (Wildman–Crippen LogP) is 2.78. The molecule has 20 heavy (non-hydrogen) atoms. The minimum Gasteiger partial charge on any atom is -0.481 e. The van der Waals surface area contributed by atoms with Gasteiger partial charge in [0.1, 0.15) is 0 Å². The van der Waals surface area contributed by atoms with E-state index in [1.165, 1.54) is 0 Å². The van der Waals surface area contributed by atoms with Crippen molar-refractivity contribution >= 4 is 58.6 Å². The molecule has 2 saturated heterocycles. The summed E-state index contributed by atoms with van der Waals surface area (Å²) in [7, 11) is 0. The number of hydrogen-bond acceptors (Lipinski definition) is 3. The van der Waals surface area contributed by atoms with Crippen LogP contribution in [0, 0.1) is 0 Å². The Labute approximate surface area is 137 Å². The Bertz CT molecular complexity index is 344. The van der Waals surface area contributed by atoms with Crippen molar-refractivity contribution in [2.75, 3.05) is 5.75 Å². The van der Waals surface area contributed by atoms with Crippen LogP contribution in [0.1, 0.15) is 25.7 Å². The molecule has 2 aliphatic heterocycles. The molecule has 0 aromatic carbocycles. The molecular weight excluding hydrogens is 347 g/mol. The standard InChI is InChI=1S/C10H16N2O3S.CHCl3/c13-8(14)4-2-1-3-7-9-6(5-16-7)11-10(15)12-9;2-1(3)4/h6-7,9H,1-5H2,(H,13,14)(H2,11,12,15);1H/t6-,7-,9-;/m0./s1. The third kappa shape index (κ3) is 6.61. The normalized spacial score (nSPS) is 27.4. The summed E-state index contributed by atoms with van der Waals surface area (Å²) >= 11 is 16.3. The summed E-state index contributed by atoms with van der Waals surface area (Å²) in [6.45, 7) is 0. The lowest BCUT2D eigenvalue weighted by Gasteiger charge is -2.16. The number of carboxylic acids is 1. The number of unbranched alkanes of at least 4 members (excludes halogenated alkanes) is 1. The first kappa shape index (κ1) is 18.0.